The van der Waals surface area contributed by atoms with Crippen LogP contribution in [0.4, 0.5) is 0 Å². The molecule has 0 aliphatic rings. The quantitative estimate of drug-likeness (QED) is 0.0508. The Balaban J connectivity index is 3.86. The summed E-state index contributed by atoms with van der Waals surface area (Å²) in [5.41, 5.74) is 0. The van der Waals surface area contributed by atoms with E-state index >= 15 is 0 Å². The monoisotopic (exact) mass is 559 g/mol. The molecule has 38 heavy (non-hydrogen) atoms. The summed E-state index contributed by atoms with van der Waals surface area (Å²) in [4.78, 5) is 12.3. The number of allylic oxidation sites excluding steroid dienone is 2. The maximum atomic E-state index is 12.3. The Bertz CT molecular complexity index is 665. The maximum absolute atomic E-state index is 12.3. The summed E-state index contributed by atoms with van der Waals surface area (Å²) in [6.07, 6.45) is 29.0. The maximum Gasteiger partial charge on any atom is 0.266 e. The molecule has 0 fully saturated rings. The van der Waals surface area contributed by atoms with E-state index in [0.717, 1.165) is 44.9 Å². The highest BCUT2D eigenvalue weighted by atomic mass is 32.2. The van der Waals surface area contributed by atoms with Gasteiger partial charge in [-0.1, -0.05) is 129 Å². The highest BCUT2D eigenvalue weighted by molar-refractivity contribution is 7.85. The van der Waals surface area contributed by atoms with Gasteiger partial charge < -0.3 is 10.4 Å². The molecule has 2 unspecified atom stereocenters. The molecule has 0 heterocycles. The Morgan fingerprint density at radius 3 is 1.58 bits per heavy atom. The van der Waals surface area contributed by atoms with Crippen molar-refractivity contribution in [3.8, 4) is 0 Å². The molecule has 226 valence electrons. The number of carbonyl (C=O) groups is 1. The lowest BCUT2D eigenvalue weighted by Crippen LogP contribution is -2.47. The first-order valence-corrected chi connectivity index (χ1v) is 17.5. The van der Waals surface area contributed by atoms with Gasteiger partial charge in [0.15, 0.2) is 0 Å². The van der Waals surface area contributed by atoms with Crippen molar-refractivity contribution in [1.29, 1.82) is 0 Å². The van der Waals surface area contributed by atoms with Gasteiger partial charge in [-0.2, -0.15) is 8.42 Å². The van der Waals surface area contributed by atoms with Crippen LogP contribution in [0, 0.1) is 0 Å². The predicted octanol–water partition coefficient (Wildman–Crippen LogP) is 8.29. The van der Waals surface area contributed by atoms with Crippen LogP contribution in [0.3, 0.4) is 0 Å². The van der Waals surface area contributed by atoms with Crippen molar-refractivity contribution >= 4 is 16.0 Å². The van der Waals surface area contributed by atoms with Crippen LogP contribution in [0.25, 0.3) is 0 Å². The predicted molar refractivity (Wildman–Crippen MR) is 161 cm³/mol. The number of aliphatic hydroxyl groups is 1. The fraction of sp³-hybridized carbons (Fsp3) is 0.903. The molecule has 0 aromatic rings. The highest BCUT2D eigenvalue weighted by Gasteiger charge is 2.26. The van der Waals surface area contributed by atoms with Gasteiger partial charge in [-0.15, -0.1) is 0 Å². The second-order valence-corrected chi connectivity index (χ2v) is 12.6. The van der Waals surface area contributed by atoms with Crippen molar-refractivity contribution in [2.24, 2.45) is 0 Å². The Morgan fingerprint density at radius 2 is 1.11 bits per heavy atom. The van der Waals surface area contributed by atoms with Crippen molar-refractivity contribution in [1.82, 2.24) is 5.32 Å². The summed E-state index contributed by atoms with van der Waals surface area (Å²) in [5.74, 6) is -0.905. The molecule has 3 N–H and O–H groups in total. The lowest BCUT2D eigenvalue weighted by atomic mass is 10.0. The van der Waals surface area contributed by atoms with Gasteiger partial charge in [0.1, 0.15) is 0 Å². The normalized spacial score (nSPS) is 13.7. The Morgan fingerprint density at radius 1 is 0.684 bits per heavy atom. The van der Waals surface area contributed by atoms with Gasteiger partial charge in [0, 0.05) is 6.42 Å². The smallest absolute Gasteiger partial charge is 0.266 e. The van der Waals surface area contributed by atoms with Gasteiger partial charge in [-0.3, -0.25) is 9.35 Å². The van der Waals surface area contributed by atoms with Gasteiger partial charge in [0.05, 0.1) is 17.9 Å². The molecule has 0 rings (SSSR count). The van der Waals surface area contributed by atoms with Gasteiger partial charge in [-0.25, -0.2) is 0 Å². The van der Waals surface area contributed by atoms with E-state index in [-0.39, 0.29) is 5.91 Å². The second kappa shape index (κ2) is 26.3. The lowest BCUT2D eigenvalue weighted by Gasteiger charge is -2.23. The first-order valence-electron chi connectivity index (χ1n) is 15.9. The largest absolute Gasteiger partial charge is 0.391 e. The number of nitrogens with one attached hydrogen (secondary N) is 1. The number of aliphatic hydroxyl groups excluding tert-OH is 1. The molecule has 6 nitrogen and oxygen atoms in total. The van der Waals surface area contributed by atoms with E-state index in [4.69, 9.17) is 0 Å². The Hall–Kier alpha value is -0.920. The molecule has 0 saturated heterocycles. The molecule has 0 aliphatic heterocycles. The van der Waals surface area contributed by atoms with Gasteiger partial charge in [0.25, 0.3) is 10.1 Å². The zero-order valence-electron chi connectivity index (χ0n) is 24.8. The second-order valence-electron chi connectivity index (χ2n) is 11.1. The minimum atomic E-state index is -4.29. The van der Waals surface area contributed by atoms with E-state index < -0.39 is 28.0 Å². The zero-order valence-corrected chi connectivity index (χ0v) is 25.6. The third kappa shape index (κ3) is 26.7. The molecular weight excluding hydrogens is 498 g/mol. The Kier molecular flexibility index (Phi) is 25.7. The minimum Gasteiger partial charge on any atom is -0.391 e. The summed E-state index contributed by atoms with van der Waals surface area (Å²) in [5, 5.41) is 13.1. The van der Waals surface area contributed by atoms with Crippen molar-refractivity contribution in [3.63, 3.8) is 0 Å². The number of hydrogen-bond donors (Lipinski definition) is 3. The molecule has 1 amide bonds. The molecule has 7 heteroatoms. The highest BCUT2D eigenvalue weighted by Crippen LogP contribution is 2.14. The van der Waals surface area contributed by atoms with Crippen LogP contribution >= 0.6 is 0 Å². The van der Waals surface area contributed by atoms with Crippen molar-refractivity contribution in [2.75, 3.05) is 5.75 Å². The molecule has 2 atom stereocenters. The van der Waals surface area contributed by atoms with Gasteiger partial charge in [-0.05, 0) is 38.5 Å². The summed E-state index contributed by atoms with van der Waals surface area (Å²) in [6.45, 7) is 4.41. The van der Waals surface area contributed by atoms with E-state index in [1.807, 2.05) is 0 Å². The van der Waals surface area contributed by atoms with E-state index in [9.17, 15) is 22.9 Å². The van der Waals surface area contributed by atoms with Gasteiger partial charge >= 0.3 is 0 Å². The fourth-order valence-corrected chi connectivity index (χ4v) is 5.56. The minimum absolute atomic E-state index is 0.256. The molecule has 0 radical (unpaired) electrons. The summed E-state index contributed by atoms with van der Waals surface area (Å²) in [6, 6.07) is -0.965. The topological polar surface area (TPSA) is 104 Å². The molecule has 0 aromatic carbocycles. The number of rotatable bonds is 28. The standard InChI is InChI=1S/C31H61NO5S/c1-3-5-7-9-11-12-13-14-15-16-17-18-19-20-21-23-25-27-31(34)32-29(28-38(35,36)37)30(33)26-24-22-10-8-6-4-2/h14-15,29-30,33H,3-13,16-28H2,1-2H3,(H,32,34)(H,35,36,37)/b15-14-. The number of carbonyl (C=O) groups excluding carboxylic acids is 1. The third-order valence-corrected chi connectivity index (χ3v) is 8.00. The van der Waals surface area contributed by atoms with Crippen molar-refractivity contribution in [3.05, 3.63) is 12.2 Å². The average Bonchev–Trinajstić information content (AvgIpc) is 2.86. The summed E-state index contributed by atoms with van der Waals surface area (Å²) in [7, 11) is -4.29. The number of hydrogen-bond acceptors (Lipinski definition) is 4. The van der Waals surface area contributed by atoms with E-state index in [1.165, 1.54) is 89.9 Å². The van der Waals surface area contributed by atoms with Crippen LogP contribution in [-0.2, 0) is 14.9 Å². The summed E-state index contributed by atoms with van der Waals surface area (Å²) < 4.78 is 32.0. The van der Waals surface area contributed by atoms with E-state index in [2.05, 4.69) is 31.3 Å². The summed E-state index contributed by atoms with van der Waals surface area (Å²) >= 11 is 0. The van der Waals surface area contributed by atoms with Crippen LogP contribution in [0.15, 0.2) is 12.2 Å². The average molecular weight is 560 g/mol. The lowest BCUT2D eigenvalue weighted by molar-refractivity contribution is -0.122. The molecule has 0 bridgehead atoms. The zero-order chi connectivity index (χ0) is 28.3. The van der Waals surface area contributed by atoms with Crippen LogP contribution in [0.2, 0.25) is 0 Å². The molecule has 0 saturated carbocycles. The number of amides is 1. The first-order chi connectivity index (χ1) is 18.3. The molecular formula is C31H61NO5S. The fourth-order valence-electron chi connectivity index (χ4n) is 4.80. The SMILES string of the molecule is CCCCCCCC/C=C\CCCCCCCCCC(=O)NC(CS(=O)(=O)O)C(O)CCCCCCCC. The third-order valence-electron chi connectivity index (χ3n) is 7.22. The molecule has 0 aromatic heterocycles. The van der Waals surface area contributed by atoms with E-state index in [0.29, 0.717) is 12.8 Å². The van der Waals surface area contributed by atoms with Crippen molar-refractivity contribution < 1.29 is 22.9 Å². The first kappa shape index (κ1) is 37.1. The van der Waals surface area contributed by atoms with Crippen LogP contribution < -0.4 is 5.32 Å². The van der Waals surface area contributed by atoms with Crippen molar-refractivity contribution in [2.45, 2.75) is 174 Å². The molecule has 0 aliphatic carbocycles. The van der Waals surface area contributed by atoms with Gasteiger partial charge in [0.2, 0.25) is 5.91 Å². The van der Waals surface area contributed by atoms with Crippen LogP contribution in [0.1, 0.15) is 162 Å². The Labute approximate surface area is 235 Å². The number of unbranched alkanes of at least 4 members (excludes halogenated alkanes) is 18. The van der Waals surface area contributed by atoms with E-state index in [1.54, 1.807) is 0 Å². The van der Waals surface area contributed by atoms with Crippen LogP contribution in [0.5, 0.6) is 0 Å². The molecule has 0 spiro atoms. The van der Waals surface area contributed by atoms with Crippen LogP contribution in [-0.4, -0.2) is 41.9 Å².